The summed E-state index contributed by atoms with van der Waals surface area (Å²) >= 11 is 7.49. The van der Waals surface area contributed by atoms with E-state index in [-0.39, 0.29) is 5.91 Å². The summed E-state index contributed by atoms with van der Waals surface area (Å²) in [5.74, 6) is -0.212. The SMILES string of the molecule is O=C(NNc1nc2c(Cl)cccc2s1)c1ccccc1. The molecular formula is C14H10ClN3OS. The van der Waals surface area contributed by atoms with Gasteiger partial charge in [-0.3, -0.25) is 15.6 Å². The van der Waals surface area contributed by atoms with Crippen molar-refractivity contribution in [2.45, 2.75) is 0 Å². The topological polar surface area (TPSA) is 54.0 Å². The number of carbonyl (C=O) groups excluding carboxylic acids is 1. The van der Waals surface area contributed by atoms with E-state index in [9.17, 15) is 4.79 Å². The fourth-order valence-electron chi connectivity index (χ4n) is 1.74. The minimum absolute atomic E-state index is 0.212. The Kier molecular flexibility index (Phi) is 3.54. The lowest BCUT2D eigenvalue weighted by Gasteiger charge is -2.04. The maximum absolute atomic E-state index is 11.9. The molecule has 6 heteroatoms. The predicted octanol–water partition coefficient (Wildman–Crippen LogP) is 3.71. The Balaban J connectivity index is 1.74. The fourth-order valence-corrected chi connectivity index (χ4v) is 2.86. The van der Waals surface area contributed by atoms with Crippen molar-refractivity contribution < 1.29 is 4.79 Å². The standard InChI is InChI=1S/C14H10ClN3OS/c15-10-7-4-8-11-12(10)16-14(20-11)18-17-13(19)9-5-2-1-3-6-9/h1-8H,(H,16,18)(H,17,19). The molecule has 0 radical (unpaired) electrons. The zero-order valence-electron chi connectivity index (χ0n) is 10.3. The van der Waals surface area contributed by atoms with Crippen LogP contribution in [0.2, 0.25) is 5.02 Å². The highest BCUT2D eigenvalue weighted by atomic mass is 35.5. The average molecular weight is 304 g/mol. The van der Waals surface area contributed by atoms with E-state index in [2.05, 4.69) is 15.8 Å². The van der Waals surface area contributed by atoms with Gasteiger partial charge in [-0.05, 0) is 24.3 Å². The van der Waals surface area contributed by atoms with Gasteiger partial charge in [0.15, 0.2) is 0 Å². The van der Waals surface area contributed by atoms with Crippen molar-refractivity contribution in [1.29, 1.82) is 0 Å². The second-order valence-electron chi connectivity index (χ2n) is 4.05. The molecule has 2 N–H and O–H groups in total. The number of anilines is 1. The Morgan fingerprint density at radius 3 is 2.65 bits per heavy atom. The van der Waals surface area contributed by atoms with Crippen molar-refractivity contribution in [3.8, 4) is 0 Å². The molecule has 0 saturated carbocycles. The normalized spacial score (nSPS) is 10.4. The number of para-hydroxylation sites is 1. The molecule has 2 aromatic carbocycles. The number of hydrogen-bond acceptors (Lipinski definition) is 4. The van der Waals surface area contributed by atoms with E-state index in [0.717, 1.165) is 10.2 Å². The van der Waals surface area contributed by atoms with Gasteiger partial charge in [0.25, 0.3) is 5.91 Å². The molecule has 0 spiro atoms. The van der Waals surface area contributed by atoms with Gasteiger partial charge in [-0.15, -0.1) is 0 Å². The number of rotatable bonds is 3. The van der Waals surface area contributed by atoms with Gasteiger partial charge in [-0.2, -0.15) is 0 Å². The Morgan fingerprint density at radius 2 is 1.90 bits per heavy atom. The third kappa shape index (κ3) is 2.59. The monoisotopic (exact) mass is 303 g/mol. The maximum atomic E-state index is 11.9. The number of carbonyl (C=O) groups is 1. The van der Waals surface area contributed by atoms with Gasteiger partial charge in [0.05, 0.1) is 9.72 Å². The molecule has 0 unspecified atom stereocenters. The third-order valence-electron chi connectivity index (χ3n) is 2.69. The molecule has 0 atom stereocenters. The van der Waals surface area contributed by atoms with Crippen molar-refractivity contribution in [2.75, 3.05) is 5.43 Å². The first-order valence-corrected chi connectivity index (χ1v) is 7.10. The quantitative estimate of drug-likeness (QED) is 0.725. The summed E-state index contributed by atoms with van der Waals surface area (Å²) in [5, 5.41) is 1.19. The summed E-state index contributed by atoms with van der Waals surface area (Å²) in [4.78, 5) is 16.2. The highest BCUT2D eigenvalue weighted by Gasteiger charge is 2.08. The number of fused-ring (bicyclic) bond motifs is 1. The Labute approximate surface area is 124 Å². The summed E-state index contributed by atoms with van der Waals surface area (Å²) in [6, 6.07) is 14.6. The largest absolute Gasteiger partial charge is 0.273 e. The zero-order chi connectivity index (χ0) is 13.9. The number of amides is 1. The highest BCUT2D eigenvalue weighted by Crippen LogP contribution is 2.30. The number of hydrazine groups is 1. The van der Waals surface area contributed by atoms with Gasteiger partial charge in [0, 0.05) is 5.56 Å². The molecule has 100 valence electrons. The van der Waals surface area contributed by atoms with Gasteiger partial charge in [-0.1, -0.05) is 47.2 Å². The first-order chi connectivity index (χ1) is 9.74. The second kappa shape index (κ2) is 5.48. The van der Waals surface area contributed by atoms with Gasteiger partial charge in [0.1, 0.15) is 5.52 Å². The van der Waals surface area contributed by atoms with Crippen molar-refractivity contribution in [2.24, 2.45) is 0 Å². The second-order valence-corrected chi connectivity index (χ2v) is 5.49. The molecule has 0 bridgehead atoms. The summed E-state index contributed by atoms with van der Waals surface area (Å²) in [5.41, 5.74) is 6.73. The van der Waals surface area contributed by atoms with Crippen LogP contribution < -0.4 is 10.9 Å². The third-order valence-corrected chi connectivity index (χ3v) is 3.93. The first-order valence-electron chi connectivity index (χ1n) is 5.90. The number of benzene rings is 2. The van der Waals surface area contributed by atoms with Crippen molar-refractivity contribution in [3.05, 3.63) is 59.1 Å². The maximum Gasteiger partial charge on any atom is 0.269 e. The molecule has 0 saturated heterocycles. The Morgan fingerprint density at radius 1 is 1.10 bits per heavy atom. The average Bonchev–Trinajstić information content (AvgIpc) is 2.90. The molecule has 0 fully saturated rings. The van der Waals surface area contributed by atoms with E-state index in [1.165, 1.54) is 11.3 Å². The number of thiazole rings is 1. The molecule has 3 aromatic rings. The van der Waals surface area contributed by atoms with E-state index in [1.807, 2.05) is 30.3 Å². The summed E-state index contributed by atoms with van der Waals surface area (Å²) in [6.45, 7) is 0. The van der Waals surface area contributed by atoms with E-state index >= 15 is 0 Å². The smallest absolute Gasteiger partial charge is 0.269 e. The van der Waals surface area contributed by atoms with Crippen LogP contribution in [-0.4, -0.2) is 10.9 Å². The van der Waals surface area contributed by atoms with Crippen molar-refractivity contribution in [3.63, 3.8) is 0 Å². The predicted molar refractivity (Wildman–Crippen MR) is 82.2 cm³/mol. The van der Waals surface area contributed by atoms with Crippen LogP contribution in [0.3, 0.4) is 0 Å². The first kappa shape index (κ1) is 12.9. The number of halogens is 1. The number of nitrogens with zero attached hydrogens (tertiary/aromatic N) is 1. The van der Waals surface area contributed by atoms with Crippen molar-refractivity contribution in [1.82, 2.24) is 10.4 Å². The van der Waals surface area contributed by atoms with E-state index in [4.69, 9.17) is 11.6 Å². The molecule has 20 heavy (non-hydrogen) atoms. The molecule has 3 rings (SSSR count). The number of nitrogens with one attached hydrogen (secondary N) is 2. The van der Waals surface area contributed by atoms with Crippen LogP contribution in [0.15, 0.2) is 48.5 Å². The van der Waals surface area contributed by atoms with Crippen LogP contribution in [0.1, 0.15) is 10.4 Å². The van der Waals surface area contributed by atoms with Crippen molar-refractivity contribution >= 4 is 44.2 Å². The molecule has 0 aliphatic heterocycles. The minimum Gasteiger partial charge on any atom is -0.273 e. The fraction of sp³-hybridized carbons (Fsp3) is 0. The van der Waals surface area contributed by atoms with Gasteiger partial charge in [-0.25, -0.2) is 4.98 Å². The molecule has 1 heterocycles. The molecule has 1 amide bonds. The zero-order valence-corrected chi connectivity index (χ0v) is 11.8. The summed E-state index contributed by atoms with van der Waals surface area (Å²) < 4.78 is 0.967. The van der Waals surface area contributed by atoms with Crippen LogP contribution in [0, 0.1) is 0 Å². The molecule has 0 aliphatic rings. The Bertz CT molecular complexity index is 757. The van der Waals surface area contributed by atoms with Gasteiger partial charge >= 0.3 is 0 Å². The number of hydrogen-bond donors (Lipinski definition) is 2. The number of aromatic nitrogens is 1. The van der Waals surface area contributed by atoms with E-state index in [1.54, 1.807) is 18.2 Å². The lowest BCUT2D eigenvalue weighted by Crippen LogP contribution is -2.29. The lowest BCUT2D eigenvalue weighted by atomic mass is 10.2. The summed E-state index contributed by atoms with van der Waals surface area (Å²) in [6.07, 6.45) is 0. The van der Waals surface area contributed by atoms with Crippen LogP contribution in [0.25, 0.3) is 10.2 Å². The lowest BCUT2D eigenvalue weighted by molar-refractivity contribution is 0.0962. The molecule has 0 aliphatic carbocycles. The van der Waals surface area contributed by atoms with Crippen LogP contribution in [0.5, 0.6) is 0 Å². The molecular weight excluding hydrogens is 294 g/mol. The highest BCUT2D eigenvalue weighted by molar-refractivity contribution is 7.22. The molecule has 4 nitrogen and oxygen atoms in total. The minimum atomic E-state index is -0.212. The van der Waals surface area contributed by atoms with Crippen LogP contribution in [0.4, 0.5) is 5.13 Å². The van der Waals surface area contributed by atoms with E-state index in [0.29, 0.717) is 15.7 Å². The molecule has 1 aromatic heterocycles. The summed E-state index contributed by atoms with van der Waals surface area (Å²) in [7, 11) is 0. The van der Waals surface area contributed by atoms with Crippen LogP contribution >= 0.6 is 22.9 Å². The Hall–Kier alpha value is -2.11. The van der Waals surface area contributed by atoms with Crippen LogP contribution in [-0.2, 0) is 0 Å². The van der Waals surface area contributed by atoms with Gasteiger partial charge < -0.3 is 0 Å². The van der Waals surface area contributed by atoms with Gasteiger partial charge in [0.2, 0.25) is 5.13 Å². The van der Waals surface area contributed by atoms with E-state index < -0.39 is 0 Å².